The van der Waals surface area contributed by atoms with Crippen LogP contribution in [0.3, 0.4) is 0 Å². The van der Waals surface area contributed by atoms with E-state index in [1.807, 2.05) is 13.0 Å². The highest BCUT2D eigenvalue weighted by Crippen LogP contribution is 2.23. The molecule has 0 aliphatic heterocycles. The van der Waals surface area contributed by atoms with Crippen LogP contribution in [0.1, 0.15) is 19.4 Å². The zero-order valence-electron chi connectivity index (χ0n) is 11.6. The van der Waals surface area contributed by atoms with Gasteiger partial charge in [0.2, 0.25) is 0 Å². The molecule has 0 saturated heterocycles. The molecule has 1 rings (SSSR count). The molecule has 0 fully saturated rings. The molecule has 1 aromatic carbocycles. The summed E-state index contributed by atoms with van der Waals surface area (Å²) in [5.41, 5.74) is -0.507. The highest BCUT2D eigenvalue weighted by Gasteiger charge is 2.20. The molecule has 104 valence electrons. The second-order valence-corrected chi connectivity index (χ2v) is 4.57. The van der Waals surface area contributed by atoms with Crippen LogP contribution in [-0.4, -0.2) is 37.5 Å². The SMILES string of the molecule is CCNCC(C)(O)COc1cc(C#N)cc(OC)c1. The Hall–Kier alpha value is -1.77. The lowest BCUT2D eigenvalue weighted by molar-refractivity contribution is 0.0127. The summed E-state index contributed by atoms with van der Waals surface area (Å²) < 4.78 is 10.6. The van der Waals surface area contributed by atoms with Gasteiger partial charge in [0, 0.05) is 12.6 Å². The van der Waals surface area contributed by atoms with E-state index in [2.05, 4.69) is 5.32 Å². The van der Waals surface area contributed by atoms with Crippen molar-refractivity contribution in [3.05, 3.63) is 23.8 Å². The van der Waals surface area contributed by atoms with E-state index in [9.17, 15) is 5.11 Å². The summed E-state index contributed by atoms with van der Waals surface area (Å²) in [4.78, 5) is 0. The van der Waals surface area contributed by atoms with Crippen LogP contribution in [-0.2, 0) is 0 Å². The Kier molecular flexibility index (Phi) is 5.61. The lowest BCUT2D eigenvalue weighted by atomic mass is 10.1. The van der Waals surface area contributed by atoms with Gasteiger partial charge in [0.15, 0.2) is 0 Å². The van der Waals surface area contributed by atoms with Crippen molar-refractivity contribution in [1.82, 2.24) is 5.32 Å². The highest BCUT2D eigenvalue weighted by atomic mass is 16.5. The molecule has 2 N–H and O–H groups in total. The molecule has 1 unspecified atom stereocenters. The first-order valence-corrected chi connectivity index (χ1v) is 6.16. The molecule has 0 amide bonds. The number of nitrogens with one attached hydrogen (secondary N) is 1. The molecule has 0 radical (unpaired) electrons. The van der Waals surface area contributed by atoms with Crippen molar-refractivity contribution >= 4 is 0 Å². The van der Waals surface area contributed by atoms with Gasteiger partial charge in [-0.1, -0.05) is 6.92 Å². The molecule has 0 aliphatic rings. The summed E-state index contributed by atoms with van der Waals surface area (Å²) in [5.74, 6) is 1.06. The number of benzene rings is 1. The molecular formula is C14H20N2O3. The quantitative estimate of drug-likeness (QED) is 0.776. The first-order valence-electron chi connectivity index (χ1n) is 6.16. The van der Waals surface area contributed by atoms with E-state index in [1.54, 1.807) is 25.1 Å². The van der Waals surface area contributed by atoms with Gasteiger partial charge < -0.3 is 19.9 Å². The van der Waals surface area contributed by atoms with Gasteiger partial charge in [-0.05, 0) is 25.6 Å². The number of likely N-dealkylation sites (N-methyl/N-ethyl adjacent to an activating group) is 1. The summed E-state index contributed by atoms with van der Waals surface area (Å²) in [6.07, 6.45) is 0. The second-order valence-electron chi connectivity index (χ2n) is 4.57. The van der Waals surface area contributed by atoms with E-state index in [1.165, 1.54) is 7.11 Å². The number of methoxy groups -OCH3 is 1. The summed E-state index contributed by atoms with van der Waals surface area (Å²) in [7, 11) is 1.53. The van der Waals surface area contributed by atoms with Gasteiger partial charge in [0.25, 0.3) is 0 Å². The normalized spacial score (nSPS) is 13.4. The molecule has 0 bridgehead atoms. The topological polar surface area (TPSA) is 74.5 Å². The number of nitrogens with zero attached hydrogens (tertiary/aromatic N) is 1. The Morgan fingerprint density at radius 3 is 2.63 bits per heavy atom. The Bertz CT molecular complexity index is 452. The maximum atomic E-state index is 10.1. The van der Waals surface area contributed by atoms with Crippen molar-refractivity contribution < 1.29 is 14.6 Å². The number of aliphatic hydroxyl groups is 1. The average Bonchev–Trinajstić information content (AvgIpc) is 2.42. The Labute approximate surface area is 113 Å². The van der Waals surface area contributed by atoms with E-state index >= 15 is 0 Å². The lowest BCUT2D eigenvalue weighted by Gasteiger charge is -2.23. The first-order chi connectivity index (χ1) is 9.00. The van der Waals surface area contributed by atoms with Crippen LogP contribution in [0.2, 0.25) is 0 Å². The maximum Gasteiger partial charge on any atom is 0.124 e. The van der Waals surface area contributed by atoms with Gasteiger partial charge in [-0.15, -0.1) is 0 Å². The maximum absolute atomic E-state index is 10.1. The first kappa shape index (κ1) is 15.3. The fourth-order valence-corrected chi connectivity index (χ4v) is 1.52. The van der Waals surface area contributed by atoms with Crippen LogP contribution in [0.4, 0.5) is 0 Å². The van der Waals surface area contributed by atoms with Crippen molar-refractivity contribution in [2.45, 2.75) is 19.4 Å². The largest absolute Gasteiger partial charge is 0.497 e. The van der Waals surface area contributed by atoms with E-state index in [0.29, 0.717) is 23.6 Å². The van der Waals surface area contributed by atoms with Crippen LogP contribution >= 0.6 is 0 Å². The zero-order chi connectivity index (χ0) is 14.3. The molecule has 0 saturated carbocycles. The molecule has 0 aromatic heterocycles. The molecule has 1 aromatic rings. The standard InChI is InChI=1S/C14H20N2O3/c1-4-16-9-14(2,17)10-19-13-6-11(8-15)5-12(7-13)18-3/h5-7,16-17H,4,9-10H2,1-3H3. The van der Waals surface area contributed by atoms with Crippen LogP contribution < -0.4 is 14.8 Å². The van der Waals surface area contributed by atoms with Crippen molar-refractivity contribution in [2.24, 2.45) is 0 Å². The van der Waals surface area contributed by atoms with Crippen molar-refractivity contribution in [3.8, 4) is 17.6 Å². The van der Waals surface area contributed by atoms with E-state index in [-0.39, 0.29) is 6.61 Å². The fraction of sp³-hybridized carbons (Fsp3) is 0.500. The van der Waals surface area contributed by atoms with Gasteiger partial charge in [0.1, 0.15) is 23.7 Å². The minimum absolute atomic E-state index is 0.137. The monoisotopic (exact) mass is 264 g/mol. The summed E-state index contributed by atoms with van der Waals surface area (Å²) in [6.45, 7) is 5.03. The molecule has 0 spiro atoms. The van der Waals surface area contributed by atoms with Crippen molar-refractivity contribution in [2.75, 3.05) is 26.8 Å². The van der Waals surface area contributed by atoms with Crippen LogP contribution in [0.15, 0.2) is 18.2 Å². The number of nitriles is 1. The Balaban J connectivity index is 2.69. The number of hydrogen-bond acceptors (Lipinski definition) is 5. The Morgan fingerprint density at radius 1 is 1.37 bits per heavy atom. The molecule has 5 heteroatoms. The van der Waals surface area contributed by atoms with Crippen molar-refractivity contribution in [1.29, 1.82) is 5.26 Å². The number of hydrogen-bond donors (Lipinski definition) is 2. The lowest BCUT2D eigenvalue weighted by Crippen LogP contribution is -2.42. The number of rotatable bonds is 7. The zero-order valence-corrected chi connectivity index (χ0v) is 11.6. The van der Waals surface area contributed by atoms with Gasteiger partial charge in [-0.25, -0.2) is 0 Å². The molecular weight excluding hydrogens is 244 g/mol. The van der Waals surface area contributed by atoms with Crippen LogP contribution in [0, 0.1) is 11.3 Å². The summed E-state index contributed by atoms with van der Waals surface area (Å²) >= 11 is 0. The van der Waals surface area contributed by atoms with Gasteiger partial charge in [0.05, 0.1) is 18.7 Å². The number of ether oxygens (including phenoxy) is 2. The second kappa shape index (κ2) is 6.98. The molecule has 0 aliphatic carbocycles. The third-order valence-corrected chi connectivity index (χ3v) is 2.55. The fourth-order valence-electron chi connectivity index (χ4n) is 1.52. The van der Waals surface area contributed by atoms with Crippen molar-refractivity contribution in [3.63, 3.8) is 0 Å². The third kappa shape index (κ3) is 5.16. The Morgan fingerprint density at radius 2 is 2.05 bits per heavy atom. The van der Waals surface area contributed by atoms with Gasteiger partial charge in [-0.2, -0.15) is 5.26 Å². The third-order valence-electron chi connectivity index (χ3n) is 2.55. The molecule has 19 heavy (non-hydrogen) atoms. The summed E-state index contributed by atoms with van der Waals surface area (Å²) in [5, 5.41) is 22.0. The van der Waals surface area contributed by atoms with E-state index in [4.69, 9.17) is 14.7 Å². The van der Waals surface area contributed by atoms with Gasteiger partial charge in [-0.3, -0.25) is 0 Å². The van der Waals surface area contributed by atoms with Crippen LogP contribution in [0.5, 0.6) is 11.5 Å². The molecule has 1 atom stereocenters. The minimum Gasteiger partial charge on any atom is -0.497 e. The van der Waals surface area contributed by atoms with Crippen LogP contribution in [0.25, 0.3) is 0 Å². The minimum atomic E-state index is -0.966. The van der Waals surface area contributed by atoms with Gasteiger partial charge >= 0.3 is 0 Å². The smallest absolute Gasteiger partial charge is 0.124 e. The molecule has 5 nitrogen and oxygen atoms in total. The summed E-state index contributed by atoms with van der Waals surface area (Å²) in [6, 6.07) is 6.97. The molecule has 0 heterocycles. The highest BCUT2D eigenvalue weighted by molar-refractivity contribution is 5.43. The predicted molar refractivity (Wildman–Crippen MR) is 72.4 cm³/mol. The average molecular weight is 264 g/mol. The van der Waals surface area contributed by atoms with E-state index in [0.717, 1.165) is 6.54 Å². The van der Waals surface area contributed by atoms with E-state index < -0.39 is 5.60 Å². The predicted octanol–water partition coefficient (Wildman–Crippen LogP) is 1.31.